The molecule has 0 saturated carbocycles. The van der Waals surface area contributed by atoms with E-state index >= 15 is 0 Å². The first-order chi connectivity index (χ1) is 7.63. The van der Waals surface area contributed by atoms with Gasteiger partial charge in [0.25, 0.3) is 0 Å². The van der Waals surface area contributed by atoms with Gasteiger partial charge in [-0.15, -0.1) is 0 Å². The van der Waals surface area contributed by atoms with Crippen molar-refractivity contribution in [2.45, 2.75) is 6.42 Å². The number of ether oxygens (including phenoxy) is 2. The molecular formula is C11H14FNO3. The maximum atomic E-state index is 13.4. The molecule has 2 N–H and O–H groups in total. The Morgan fingerprint density at radius 1 is 1.31 bits per heavy atom. The van der Waals surface area contributed by atoms with Gasteiger partial charge in [0, 0.05) is 12.5 Å². The topological polar surface area (TPSA) is 61.5 Å². The number of carbonyl (C=O) groups is 1. The molecule has 0 amide bonds. The predicted molar refractivity (Wildman–Crippen MR) is 57.5 cm³/mol. The highest BCUT2D eigenvalue weighted by atomic mass is 19.1. The second-order valence-corrected chi connectivity index (χ2v) is 3.15. The summed E-state index contributed by atoms with van der Waals surface area (Å²) in [6.07, 6.45) is 0.155. The van der Waals surface area contributed by atoms with Crippen molar-refractivity contribution in [1.82, 2.24) is 0 Å². The van der Waals surface area contributed by atoms with Gasteiger partial charge in [0.05, 0.1) is 19.8 Å². The molecule has 0 unspecified atom stereocenters. The zero-order chi connectivity index (χ0) is 12.1. The third-order valence-electron chi connectivity index (χ3n) is 2.15. The number of ketones is 1. The van der Waals surface area contributed by atoms with Crippen LogP contribution in [0.15, 0.2) is 12.1 Å². The number of hydrogen-bond acceptors (Lipinski definition) is 4. The molecule has 0 fully saturated rings. The molecule has 16 heavy (non-hydrogen) atoms. The molecule has 0 spiro atoms. The van der Waals surface area contributed by atoms with E-state index in [1.165, 1.54) is 20.3 Å². The molecule has 0 aliphatic heterocycles. The van der Waals surface area contributed by atoms with Gasteiger partial charge in [0.2, 0.25) is 0 Å². The molecule has 5 heteroatoms. The summed E-state index contributed by atoms with van der Waals surface area (Å²) in [7, 11) is 2.76. The Labute approximate surface area is 93.2 Å². The number of halogens is 1. The molecule has 1 aromatic rings. The lowest BCUT2D eigenvalue weighted by atomic mass is 10.1. The van der Waals surface area contributed by atoms with Gasteiger partial charge >= 0.3 is 0 Å². The number of benzene rings is 1. The van der Waals surface area contributed by atoms with Gasteiger partial charge in [-0.05, 0) is 12.6 Å². The Bertz CT molecular complexity index is 393. The van der Waals surface area contributed by atoms with E-state index in [0.717, 1.165) is 6.07 Å². The van der Waals surface area contributed by atoms with E-state index in [2.05, 4.69) is 0 Å². The summed E-state index contributed by atoms with van der Waals surface area (Å²) in [6.45, 7) is 0.218. The summed E-state index contributed by atoms with van der Waals surface area (Å²) in [5, 5.41) is 0. The number of hydrogen-bond donors (Lipinski definition) is 1. The van der Waals surface area contributed by atoms with E-state index in [4.69, 9.17) is 15.2 Å². The third kappa shape index (κ3) is 2.49. The second-order valence-electron chi connectivity index (χ2n) is 3.15. The van der Waals surface area contributed by atoms with Crippen LogP contribution in [0.5, 0.6) is 11.5 Å². The van der Waals surface area contributed by atoms with E-state index in [1.807, 2.05) is 0 Å². The average molecular weight is 227 g/mol. The van der Waals surface area contributed by atoms with Gasteiger partial charge in [-0.1, -0.05) is 0 Å². The summed E-state index contributed by atoms with van der Waals surface area (Å²) in [4.78, 5) is 11.6. The second kappa shape index (κ2) is 5.46. The third-order valence-corrected chi connectivity index (χ3v) is 2.15. The van der Waals surface area contributed by atoms with Crippen molar-refractivity contribution in [2.75, 3.05) is 20.8 Å². The lowest BCUT2D eigenvalue weighted by molar-refractivity contribution is 0.0982. The molecule has 0 aliphatic rings. The first-order valence-electron chi connectivity index (χ1n) is 4.78. The molecule has 0 aromatic heterocycles. The largest absolute Gasteiger partial charge is 0.496 e. The predicted octanol–water partition coefficient (Wildman–Crippen LogP) is 1.37. The van der Waals surface area contributed by atoms with Gasteiger partial charge in [0.15, 0.2) is 17.3 Å². The Morgan fingerprint density at radius 3 is 2.44 bits per heavy atom. The normalized spacial score (nSPS) is 10.0. The number of Topliss-reactive ketones (excluding diaryl/α,β-unsaturated/α-hetero) is 1. The molecule has 0 aliphatic carbocycles. The number of carbonyl (C=O) groups excluding carboxylic acids is 1. The lowest BCUT2D eigenvalue weighted by Gasteiger charge is -2.10. The van der Waals surface area contributed by atoms with Crippen molar-refractivity contribution in [1.29, 1.82) is 0 Å². The molecular weight excluding hydrogens is 213 g/mol. The summed E-state index contributed by atoms with van der Waals surface area (Å²) >= 11 is 0. The van der Waals surface area contributed by atoms with Crippen molar-refractivity contribution >= 4 is 5.78 Å². The highest BCUT2D eigenvalue weighted by molar-refractivity contribution is 5.99. The smallest absolute Gasteiger partial charge is 0.167 e. The summed E-state index contributed by atoms with van der Waals surface area (Å²) < 4.78 is 23.2. The quantitative estimate of drug-likeness (QED) is 0.772. The van der Waals surface area contributed by atoms with Crippen molar-refractivity contribution in [2.24, 2.45) is 5.73 Å². The first-order valence-corrected chi connectivity index (χ1v) is 4.78. The Kier molecular flexibility index (Phi) is 4.25. The highest BCUT2D eigenvalue weighted by Crippen LogP contribution is 2.28. The molecule has 0 bridgehead atoms. The molecule has 1 aromatic carbocycles. The van der Waals surface area contributed by atoms with E-state index in [1.54, 1.807) is 0 Å². The Morgan fingerprint density at radius 2 is 1.94 bits per heavy atom. The fraction of sp³-hybridized carbons (Fsp3) is 0.364. The molecule has 0 atom stereocenters. The van der Waals surface area contributed by atoms with Crippen LogP contribution in [0, 0.1) is 5.82 Å². The van der Waals surface area contributed by atoms with Gasteiger partial charge in [-0.2, -0.15) is 0 Å². The molecule has 0 saturated heterocycles. The van der Waals surface area contributed by atoms with Crippen LogP contribution < -0.4 is 15.2 Å². The van der Waals surface area contributed by atoms with Crippen LogP contribution in [0.3, 0.4) is 0 Å². The summed E-state index contributed by atoms with van der Waals surface area (Å²) in [6, 6.07) is 2.45. The maximum Gasteiger partial charge on any atom is 0.167 e. The van der Waals surface area contributed by atoms with Crippen molar-refractivity contribution < 1.29 is 18.7 Å². The lowest BCUT2D eigenvalue weighted by Crippen LogP contribution is -2.10. The van der Waals surface area contributed by atoms with Crippen LogP contribution in [0.4, 0.5) is 4.39 Å². The van der Waals surface area contributed by atoms with Crippen molar-refractivity contribution in [3.63, 3.8) is 0 Å². The van der Waals surface area contributed by atoms with Gasteiger partial charge < -0.3 is 15.2 Å². The van der Waals surface area contributed by atoms with Crippen LogP contribution in [0.2, 0.25) is 0 Å². The van der Waals surface area contributed by atoms with E-state index in [0.29, 0.717) is 0 Å². The van der Waals surface area contributed by atoms with Crippen molar-refractivity contribution in [3.05, 3.63) is 23.5 Å². The van der Waals surface area contributed by atoms with Gasteiger partial charge in [-0.25, -0.2) is 4.39 Å². The zero-order valence-electron chi connectivity index (χ0n) is 9.25. The monoisotopic (exact) mass is 227 g/mol. The maximum absolute atomic E-state index is 13.4. The minimum absolute atomic E-state index is 0.0427. The van der Waals surface area contributed by atoms with Gasteiger partial charge in [-0.3, -0.25) is 4.79 Å². The Balaban J connectivity index is 3.17. The number of nitrogens with two attached hydrogens (primary N) is 1. The van der Waals surface area contributed by atoms with Crippen LogP contribution >= 0.6 is 0 Å². The molecule has 4 nitrogen and oxygen atoms in total. The molecule has 1 rings (SSSR count). The molecule has 88 valence electrons. The van der Waals surface area contributed by atoms with E-state index in [-0.39, 0.29) is 35.8 Å². The summed E-state index contributed by atoms with van der Waals surface area (Å²) in [5.74, 6) is -0.512. The summed E-state index contributed by atoms with van der Waals surface area (Å²) in [5.41, 5.74) is 5.46. The number of rotatable bonds is 5. The highest BCUT2D eigenvalue weighted by Gasteiger charge is 2.16. The van der Waals surface area contributed by atoms with Crippen LogP contribution in [0.1, 0.15) is 16.8 Å². The number of methoxy groups -OCH3 is 2. The van der Waals surface area contributed by atoms with Crippen LogP contribution in [0.25, 0.3) is 0 Å². The SMILES string of the molecule is COc1cc(OC)c(C(=O)CCN)cc1F. The minimum Gasteiger partial charge on any atom is -0.496 e. The average Bonchev–Trinajstić information content (AvgIpc) is 2.29. The Hall–Kier alpha value is -1.62. The standard InChI is InChI=1S/C11H14FNO3/c1-15-10-6-11(16-2)8(12)5-7(10)9(14)3-4-13/h5-6H,3-4,13H2,1-2H3. The van der Waals surface area contributed by atoms with Crippen LogP contribution in [-0.2, 0) is 0 Å². The van der Waals surface area contributed by atoms with Gasteiger partial charge in [0.1, 0.15) is 5.75 Å². The fourth-order valence-electron chi connectivity index (χ4n) is 1.34. The molecule has 0 heterocycles. The van der Waals surface area contributed by atoms with Crippen molar-refractivity contribution in [3.8, 4) is 11.5 Å². The van der Waals surface area contributed by atoms with E-state index in [9.17, 15) is 9.18 Å². The zero-order valence-corrected chi connectivity index (χ0v) is 9.25. The van der Waals surface area contributed by atoms with Crippen LogP contribution in [-0.4, -0.2) is 26.5 Å². The van der Waals surface area contributed by atoms with E-state index < -0.39 is 5.82 Å². The molecule has 0 radical (unpaired) electrons. The minimum atomic E-state index is -0.594. The fourth-order valence-corrected chi connectivity index (χ4v) is 1.34. The first kappa shape index (κ1) is 12.4.